The van der Waals surface area contributed by atoms with Crippen LogP contribution in [0.25, 0.3) is 11.0 Å². The lowest BCUT2D eigenvalue weighted by Gasteiger charge is -2.14. The van der Waals surface area contributed by atoms with E-state index >= 15 is 0 Å². The number of hydrogen-bond donors (Lipinski definition) is 0. The SMILES string of the molecule is Cn1c(Cl)cc2c(CN3CCCC3)ccnc21. The van der Waals surface area contributed by atoms with E-state index < -0.39 is 0 Å². The minimum absolute atomic E-state index is 0.751. The van der Waals surface area contributed by atoms with Crippen molar-refractivity contribution in [3.05, 3.63) is 29.0 Å². The van der Waals surface area contributed by atoms with Crippen LogP contribution < -0.4 is 0 Å². The van der Waals surface area contributed by atoms with Crippen molar-refractivity contribution < 1.29 is 0 Å². The number of fused-ring (bicyclic) bond motifs is 1. The van der Waals surface area contributed by atoms with Gasteiger partial charge in [0.2, 0.25) is 0 Å². The molecule has 1 aliphatic heterocycles. The highest BCUT2D eigenvalue weighted by molar-refractivity contribution is 6.30. The van der Waals surface area contributed by atoms with Gasteiger partial charge in [-0.1, -0.05) is 11.6 Å². The molecule has 0 radical (unpaired) electrons. The van der Waals surface area contributed by atoms with Crippen LogP contribution in [-0.4, -0.2) is 27.5 Å². The molecule has 3 heterocycles. The second-order valence-electron chi connectivity index (χ2n) is 4.72. The summed E-state index contributed by atoms with van der Waals surface area (Å²) in [5.41, 5.74) is 2.31. The molecule has 0 spiro atoms. The Labute approximate surface area is 106 Å². The van der Waals surface area contributed by atoms with Crippen molar-refractivity contribution in [1.82, 2.24) is 14.5 Å². The predicted octanol–water partition coefficient (Wildman–Crippen LogP) is 2.82. The van der Waals surface area contributed by atoms with Gasteiger partial charge in [-0.15, -0.1) is 0 Å². The topological polar surface area (TPSA) is 21.1 Å². The Morgan fingerprint density at radius 1 is 1.35 bits per heavy atom. The zero-order chi connectivity index (χ0) is 11.8. The van der Waals surface area contributed by atoms with Crippen molar-refractivity contribution in [2.24, 2.45) is 7.05 Å². The van der Waals surface area contributed by atoms with Crippen molar-refractivity contribution in [1.29, 1.82) is 0 Å². The molecule has 0 N–H and O–H groups in total. The Morgan fingerprint density at radius 2 is 2.12 bits per heavy atom. The highest BCUT2D eigenvalue weighted by Crippen LogP contribution is 2.25. The zero-order valence-electron chi connectivity index (χ0n) is 9.99. The van der Waals surface area contributed by atoms with Crippen LogP contribution >= 0.6 is 11.6 Å². The first kappa shape index (κ1) is 11.1. The fourth-order valence-electron chi connectivity index (χ4n) is 2.56. The van der Waals surface area contributed by atoms with Crippen LogP contribution in [0, 0.1) is 0 Å². The van der Waals surface area contributed by atoms with Gasteiger partial charge >= 0.3 is 0 Å². The first-order chi connectivity index (χ1) is 8.25. The van der Waals surface area contributed by atoms with E-state index in [9.17, 15) is 0 Å². The summed E-state index contributed by atoms with van der Waals surface area (Å²) in [7, 11) is 1.96. The molecule has 1 fully saturated rings. The third-order valence-corrected chi connectivity index (χ3v) is 3.92. The maximum absolute atomic E-state index is 6.15. The van der Waals surface area contributed by atoms with Crippen LogP contribution in [0.5, 0.6) is 0 Å². The Kier molecular flexibility index (Phi) is 2.81. The number of aromatic nitrogens is 2. The highest BCUT2D eigenvalue weighted by atomic mass is 35.5. The quantitative estimate of drug-likeness (QED) is 0.816. The molecule has 0 aliphatic carbocycles. The lowest BCUT2D eigenvalue weighted by Crippen LogP contribution is -2.18. The maximum atomic E-state index is 6.15. The first-order valence-electron chi connectivity index (χ1n) is 6.07. The van der Waals surface area contributed by atoms with Crippen LogP contribution in [0.4, 0.5) is 0 Å². The molecular formula is C13H16ClN3. The Balaban J connectivity index is 2.00. The van der Waals surface area contributed by atoms with Crippen molar-refractivity contribution in [3.63, 3.8) is 0 Å². The molecule has 4 heteroatoms. The smallest absolute Gasteiger partial charge is 0.141 e. The lowest BCUT2D eigenvalue weighted by molar-refractivity contribution is 0.332. The number of hydrogen-bond acceptors (Lipinski definition) is 2. The zero-order valence-corrected chi connectivity index (χ0v) is 10.7. The van der Waals surface area contributed by atoms with E-state index in [0.29, 0.717) is 0 Å². The number of aryl methyl sites for hydroxylation is 1. The Morgan fingerprint density at radius 3 is 2.88 bits per heavy atom. The van der Waals surface area contributed by atoms with E-state index in [2.05, 4.69) is 16.0 Å². The Hall–Kier alpha value is -1.06. The second-order valence-corrected chi connectivity index (χ2v) is 5.10. The van der Waals surface area contributed by atoms with Crippen LogP contribution in [0.1, 0.15) is 18.4 Å². The van der Waals surface area contributed by atoms with Gasteiger partial charge in [-0.05, 0) is 43.6 Å². The molecule has 90 valence electrons. The standard InChI is InChI=1S/C13H16ClN3/c1-16-12(14)8-11-10(4-5-15-13(11)16)9-17-6-2-3-7-17/h4-5,8H,2-3,6-7,9H2,1H3. The van der Waals surface area contributed by atoms with Gasteiger partial charge in [-0.2, -0.15) is 0 Å². The molecule has 17 heavy (non-hydrogen) atoms. The van der Waals surface area contributed by atoms with Gasteiger partial charge in [0.15, 0.2) is 0 Å². The summed E-state index contributed by atoms with van der Waals surface area (Å²) < 4.78 is 1.93. The van der Waals surface area contributed by atoms with Gasteiger partial charge in [0.05, 0.1) is 0 Å². The summed E-state index contributed by atoms with van der Waals surface area (Å²) >= 11 is 6.15. The second kappa shape index (κ2) is 4.31. The average Bonchev–Trinajstić information content (AvgIpc) is 2.91. The van der Waals surface area contributed by atoms with Crippen LogP contribution in [-0.2, 0) is 13.6 Å². The molecule has 3 rings (SSSR count). The minimum Gasteiger partial charge on any atom is -0.319 e. The lowest BCUT2D eigenvalue weighted by atomic mass is 10.2. The van der Waals surface area contributed by atoms with Gasteiger partial charge in [-0.25, -0.2) is 4.98 Å². The van der Waals surface area contributed by atoms with Gasteiger partial charge < -0.3 is 4.57 Å². The van der Waals surface area contributed by atoms with E-state index in [-0.39, 0.29) is 0 Å². The van der Waals surface area contributed by atoms with Crippen molar-refractivity contribution in [3.8, 4) is 0 Å². The number of pyridine rings is 1. The third kappa shape index (κ3) is 1.94. The summed E-state index contributed by atoms with van der Waals surface area (Å²) in [5.74, 6) is 0. The molecule has 3 nitrogen and oxygen atoms in total. The number of halogens is 1. The molecule has 0 unspecified atom stereocenters. The largest absolute Gasteiger partial charge is 0.319 e. The minimum atomic E-state index is 0.751. The van der Waals surface area contributed by atoms with E-state index in [1.54, 1.807) is 0 Å². The van der Waals surface area contributed by atoms with Gasteiger partial charge in [-0.3, -0.25) is 4.90 Å². The molecule has 0 aromatic carbocycles. The van der Waals surface area contributed by atoms with Crippen LogP contribution in [0.2, 0.25) is 5.15 Å². The molecule has 1 aliphatic rings. The summed E-state index contributed by atoms with van der Waals surface area (Å²) in [6.45, 7) is 3.44. The normalized spacial score (nSPS) is 17.1. The monoisotopic (exact) mass is 249 g/mol. The van der Waals surface area contributed by atoms with Crippen molar-refractivity contribution in [2.75, 3.05) is 13.1 Å². The summed E-state index contributed by atoms with van der Waals surface area (Å²) in [6.07, 6.45) is 4.53. The maximum Gasteiger partial charge on any atom is 0.141 e. The van der Waals surface area contributed by atoms with Crippen molar-refractivity contribution in [2.45, 2.75) is 19.4 Å². The number of nitrogens with zero attached hydrogens (tertiary/aromatic N) is 3. The molecule has 0 atom stereocenters. The van der Waals surface area contributed by atoms with E-state index in [1.807, 2.05) is 23.9 Å². The summed E-state index contributed by atoms with van der Waals surface area (Å²) in [4.78, 5) is 6.89. The highest BCUT2D eigenvalue weighted by Gasteiger charge is 2.15. The van der Waals surface area contributed by atoms with Gasteiger partial charge in [0.1, 0.15) is 10.8 Å². The molecule has 1 saturated heterocycles. The Bertz CT molecular complexity index is 541. The number of rotatable bonds is 2. The molecule has 0 saturated carbocycles. The molecule has 2 aromatic heterocycles. The fourth-order valence-corrected chi connectivity index (χ4v) is 2.75. The molecule has 0 bridgehead atoms. The van der Waals surface area contributed by atoms with Crippen LogP contribution in [0.3, 0.4) is 0 Å². The van der Waals surface area contributed by atoms with Crippen molar-refractivity contribution >= 4 is 22.6 Å². The average molecular weight is 250 g/mol. The third-order valence-electron chi connectivity index (χ3n) is 3.55. The fraction of sp³-hybridized carbons (Fsp3) is 0.462. The van der Waals surface area contributed by atoms with Gasteiger partial charge in [0.25, 0.3) is 0 Å². The molecule has 0 amide bonds. The summed E-state index contributed by atoms with van der Waals surface area (Å²) in [6, 6.07) is 4.13. The first-order valence-corrected chi connectivity index (χ1v) is 6.44. The number of likely N-dealkylation sites (tertiary alicyclic amines) is 1. The van der Waals surface area contributed by atoms with E-state index in [0.717, 1.165) is 17.3 Å². The molecular weight excluding hydrogens is 234 g/mol. The van der Waals surface area contributed by atoms with E-state index in [4.69, 9.17) is 11.6 Å². The van der Waals surface area contributed by atoms with Crippen LogP contribution in [0.15, 0.2) is 18.3 Å². The predicted molar refractivity (Wildman–Crippen MR) is 70.2 cm³/mol. The van der Waals surface area contributed by atoms with Gasteiger partial charge in [0, 0.05) is 25.2 Å². The van der Waals surface area contributed by atoms with E-state index in [1.165, 1.54) is 36.9 Å². The summed E-state index contributed by atoms with van der Waals surface area (Å²) in [5, 5.41) is 1.94. The molecule has 2 aromatic rings.